The van der Waals surface area contributed by atoms with Gasteiger partial charge in [0.15, 0.2) is 0 Å². The van der Waals surface area contributed by atoms with E-state index < -0.39 is 0 Å². The van der Waals surface area contributed by atoms with Crippen LogP contribution in [0.2, 0.25) is 0 Å². The minimum Gasteiger partial charge on any atom is -0.340 e. The first-order chi connectivity index (χ1) is 31.3. The average Bonchev–Trinajstić information content (AvgIpc) is 3.78. The van der Waals surface area contributed by atoms with Gasteiger partial charge >= 0.3 is 0 Å². The van der Waals surface area contributed by atoms with Crippen LogP contribution in [-0.4, -0.2) is 6.54 Å². The van der Waals surface area contributed by atoms with Gasteiger partial charge in [-0.05, 0) is 111 Å². The zero-order valence-electron chi connectivity index (χ0n) is 34.8. The zero-order valence-corrected chi connectivity index (χ0v) is 34.8. The maximum atomic E-state index is 2.59. The normalized spacial score (nSPS) is 12.3. The molecule has 0 spiro atoms. The summed E-state index contributed by atoms with van der Waals surface area (Å²) in [6.45, 7) is 0.901. The second kappa shape index (κ2) is 15.4. The molecule has 0 radical (unpaired) electrons. The molecule has 1 aliphatic heterocycles. The third-order valence-corrected chi connectivity index (χ3v) is 12.8. The highest BCUT2D eigenvalue weighted by Crippen LogP contribution is 2.51. The Labute approximate surface area is 368 Å². The molecule has 1 heterocycles. The molecule has 63 heavy (non-hydrogen) atoms. The molecule has 3 heteroatoms. The number of para-hydroxylation sites is 3. The standard InChI is InChI=1S/C60H43N3/c1-4-21-45(22-5-1)59-52-36-34-49(63(47-27-8-3-9-28-47)58-33-17-24-43-19-11-14-30-51(43)58)41-55(52)60(61-39-38-44-20-12-15-31-56(44)61)53-37-35-48(40-54(53)59)62(46-25-6-2-7-26-46)57-32-16-23-42-18-10-13-29-50(42)57/h1-37,40-41H,38-39H2. The number of anilines is 8. The molecule has 0 aromatic heterocycles. The highest BCUT2D eigenvalue weighted by molar-refractivity contribution is 6.23. The second-order valence-electron chi connectivity index (χ2n) is 16.4. The molecule has 0 saturated carbocycles. The Kier molecular flexibility index (Phi) is 8.97. The summed E-state index contributed by atoms with van der Waals surface area (Å²) in [5.74, 6) is 0. The molecular weight excluding hydrogens is 763 g/mol. The summed E-state index contributed by atoms with van der Waals surface area (Å²) in [5.41, 5.74) is 13.1. The van der Waals surface area contributed by atoms with Gasteiger partial charge in [-0.3, -0.25) is 0 Å². The second-order valence-corrected chi connectivity index (χ2v) is 16.4. The maximum Gasteiger partial charge on any atom is 0.0571 e. The zero-order chi connectivity index (χ0) is 41.7. The van der Waals surface area contributed by atoms with Crippen molar-refractivity contribution in [2.45, 2.75) is 6.42 Å². The number of hydrogen-bond donors (Lipinski definition) is 0. The lowest BCUT2D eigenvalue weighted by Gasteiger charge is -2.30. The summed E-state index contributed by atoms with van der Waals surface area (Å²) in [4.78, 5) is 7.44. The van der Waals surface area contributed by atoms with Crippen LogP contribution in [0.3, 0.4) is 0 Å². The van der Waals surface area contributed by atoms with Crippen molar-refractivity contribution in [2.24, 2.45) is 0 Å². The van der Waals surface area contributed by atoms with Gasteiger partial charge in [0.25, 0.3) is 0 Å². The van der Waals surface area contributed by atoms with E-state index in [1.165, 1.54) is 71.2 Å². The van der Waals surface area contributed by atoms with E-state index in [1.54, 1.807) is 0 Å². The molecule has 0 saturated heterocycles. The van der Waals surface area contributed by atoms with Gasteiger partial charge in [0.05, 0.1) is 17.1 Å². The van der Waals surface area contributed by atoms with Crippen molar-refractivity contribution in [1.29, 1.82) is 0 Å². The fraction of sp³-hybridized carbons (Fsp3) is 0.0333. The molecule has 1 aliphatic rings. The van der Waals surface area contributed by atoms with Crippen LogP contribution in [0.1, 0.15) is 5.56 Å². The Balaban J connectivity index is 1.18. The fourth-order valence-electron chi connectivity index (χ4n) is 10.1. The van der Waals surface area contributed by atoms with Crippen LogP contribution in [0, 0.1) is 0 Å². The van der Waals surface area contributed by atoms with Gasteiger partial charge in [0, 0.05) is 56.5 Å². The molecule has 0 bridgehead atoms. The van der Waals surface area contributed by atoms with E-state index >= 15 is 0 Å². The molecule has 12 rings (SSSR count). The van der Waals surface area contributed by atoms with Crippen molar-refractivity contribution < 1.29 is 0 Å². The van der Waals surface area contributed by atoms with Gasteiger partial charge < -0.3 is 14.7 Å². The van der Waals surface area contributed by atoms with Crippen molar-refractivity contribution in [1.82, 2.24) is 0 Å². The average molecular weight is 806 g/mol. The van der Waals surface area contributed by atoms with Crippen LogP contribution in [-0.2, 0) is 6.42 Å². The summed E-state index contributed by atoms with van der Waals surface area (Å²) in [7, 11) is 0. The fourth-order valence-corrected chi connectivity index (χ4v) is 10.1. The quantitative estimate of drug-likeness (QED) is 0.142. The summed E-state index contributed by atoms with van der Waals surface area (Å²) in [6.07, 6.45) is 0.992. The number of fused-ring (bicyclic) bond motifs is 5. The summed E-state index contributed by atoms with van der Waals surface area (Å²) in [5, 5.41) is 9.73. The van der Waals surface area contributed by atoms with Crippen LogP contribution < -0.4 is 14.7 Å². The van der Waals surface area contributed by atoms with E-state index in [-0.39, 0.29) is 0 Å². The first kappa shape index (κ1) is 36.7. The van der Waals surface area contributed by atoms with Gasteiger partial charge in [-0.2, -0.15) is 0 Å². The monoisotopic (exact) mass is 805 g/mol. The van der Waals surface area contributed by atoms with Crippen LogP contribution in [0.5, 0.6) is 0 Å². The van der Waals surface area contributed by atoms with Crippen molar-refractivity contribution in [3.63, 3.8) is 0 Å². The molecule has 298 valence electrons. The highest BCUT2D eigenvalue weighted by Gasteiger charge is 2.28. The van der Waals surface area contributed by atoms with Gasteiger partial charge in [0.1, 0.15) is 0 Å². The third kappa shape index (κ3) is 6.28. The molecule has 0 unspecified atom stereocenters. The Morgan fingerprint density at radius 1 is 0.333 bits per heavy atom. The number of hydrogen-bond acceptors (Lipinski definition) is 3. The molecular formula is C60H43N3. The molecule has 0 aliphatic carbocycles. The smallest absolute Gasteiger partial charge is 0.0571 e. The lowest BCUT2D eigenvalue weighted by molar-refractivity contribution is 1.01. The Hall–Kier alpha value is -8.14. The maximum absolute atomic E-state index is 2.59. The minimum absolute atomic E-state index is 0.901. The molecule has 0 amide bonds. The Bertz CT molecular complexity index is 3460. The Morgan fingerprint density at radius 2 is 0.825 bits per heavy atom. The molecule has 3 nitrogen and oxygen atoms in total. The molecule has 11 aromatic rings. The predicted molar refractivity (Wildman–Crippen MR) is 268 cm³/mol. The van der Waals surface area contributed by atoms with Crippen LogP contribution in [0.15, 0.2) is 237 Å². The van der Waals surface area contributed by atoms with Gasteiger partial charge in [0.2, 0.25) is 0 Å². The van der Waals surface area contributed by atoms with Crippen LogP contribution >= 0.6 is 0 Å². The van der Waals surface area contributed by atoms with E-state index in [1.807, 2.05) is 0 Å². The number of benzene rings is 11. The molecule has 0 N–H and O–H groups in total. The van der Waals surface area contributed by atoms with E-state index in [0.717, 1.165) is 47.1 Å². The Morgan fingerprint density at radius 3 is 1.44 bits per heavy atom. The van der Waals surface area contributed by atoms with Crippen LogP contribution in [0.4, 0.5) is 45.5 Å². The SMILES string of the molecule is c1ccc(-c2c3cc(N(c4ccccc4)c4cccc5ccccc45)ccc3c(N3CCc4ccccc43)c3cc(N(c4ccccc4)c4cccc5ccccc45)ccc23)cc1. The first-order valence-electron chi connectivity index (χ1n) is 21.9. The van der Waals surface area contributed by atoms with Gasteiger partial charge in [-0.15, -0.1) is 0 Å². The lowest BCUT2D eigenvalue weighted by Crippen LogP contribution is -2.15. The van der Waals surface area contributed by atoms with E-state index in [2.05, 4.69) is 251 Å². The van der Waals surface area contributed by atoms with Gasteiger partial charge in [-0.25, -0.2) is 0 Å². The summed E-state index contributed by atoms with van der Waals surface area (Å²) < 4.78 is 0. The van der Waals surface area contributed by atoms with E-state index in [0.29, 0.717) is 0 Å². The largest absolute Gasteiger partial charge is 0.340 e. The van der Waals surface area contributed by atoms with E-state index in [9.17, 15) is 0 Å². The summed E-state index contributed by atoms with van der Waals surface area (Å²) >= 11 is 0. The van der Waals surface area contributed by atoms with E-state index in [4.69, 9.17) is 0 Å². The number of rotatable bonds is 8. The predicted octanol–water partition coefficient (Wildman–Crippen LogP) is 16.6. The topological polar surface area (TPSA) is 9.72 Å². The lowest BCUT2D eigenvalue weighted by atomic mass is 9.89. The van der Waals surface area contributed by atoms with Gasteiger partial charge in [-0.1, -0.05) is 170 Å². The first-order valence-corrected chi connectivity index (χ1v) is 21.9. The van der Waals surface area contributed by atoms with Crippen molar-refractivity contribution in [3.8, 4) is 11.1 Å². The third-order valence-electron chi connectivity index (χ3n) is 12.8. The van der Waals surface area contributed by atoms with Crippen LogP contribution in [0.25, 0.3) is 54.2 Å². The molecule has 11 aromatic carbocycles. The van der Waals surface area contributed by atoms with Crippen molar-refractivity contribution in [3.05, 3.63) is 242 Å². The minimum atomic E-state index is 0.901. The number of nitrogens with zero attached hydrogens (tertiary/aromatic N) is 3. The molecule has 0 fully saturated rings. The summed E-state index contributed by atoms with van der Waals surface area (Å²) in [6, 6.07) is 86.5. The van der Waals surface area contributed by atoms with Crippen molar-refractivity contribution >= 4 is 88.6 Å². The highest BCUT2D eigenvalue weighted by atomic mass is 15.2. The molecule has 0 atom stereocenters. The van der Waals surface area contributed by atoms with Crippen molar-refractivity contribution in [2.75, 3.05) is 21.2 Å².